The summed E-state index contributed by atoms with van der Waals surface area (Å²) in [6.07, 6.45) is 0.419. The van der Waals surface area contributed by atoms with Gasteiger partial charge in [-0.05, 0) is 23.6 Å². The highest BCUT2D eigenvalue weighted by molar-refractivity contribution is 7.09. The number of nitrogens with one attached hydrogen (secondary N) is 1. The van der Waals surface area contributed by atoms with Crippen LogP contribution in [0.1, 0.15) is 34.9 Å². The van der Waals surface area contributed by atoms with E-state index in [2.05, 4.69) is 10.3 Å². The average molecular weight is 336 g/mol. The number of hydrogen-bond acceptors (Lipinski definition) is 4. The van der Waals surface area contributed by atoms with Crippen molar-refractivity contribution >= 4 is 23.2 Å². The van der Waals surface area contributed by atoms with Crippen molar-refractivity contribution in [1.82, 2.24) is 10.3 Å². The van der Waals surface area contributed by atoms with E-state index in [1.165, 1.54) is 23.5 Å². The molecule has 0 bridgehead atoms. The van der Waals surface area contributed by atoms with E-state index in [4.69, 9.17) is 5.11 Å². The number of carboxylic acid groups (broad SMARTS) is 1. The number of halogens is 1. The summed E-state index contributed by atoms with van der Waals surface area (Å²) in [5, 5.41) is 13.8. The molecule has 2 rings (SSSR count). The molecule has 5 nitrogen and oxygen atoms in total. The van der Waals surface area contributed by atoms with Gasteiger partial charge in [0.1, 0.15) is 17.6 Å². The summed E-state index contributed by atoms with van der Waals surface area (Å²) in [7, 11) is 0. The van der Waals surface area contributed by atoms with Gasteiger partial charge in [0.15, 0.2) is 0 Å². The number of carboxylic acids is 1. The summed E-state index contributed by atoms with van der Waals surface area (Å²) in [6, 6.07) is 5.22. The number of nitrogens with zero attached hydrogens (tertiary/aromatic N) is 1. The molecule has 23 heavy (non-hydrogen) atoms. The zero-order valence-corrected chi connectivity index (χ0v) is 13.6. The molecule has 0 spiro atoms. The summed E-state index contributed by atoms with van der Waals surface area (Å²) in [5.74, 6) is -2.16. The predicted octanol–water partition coefficient (Wildman–Crippen LogP) is 2.71. The first-order chi connectivity index (χ1) is 10.9. The molecule has 1 heterocycles. The fourth-order valence-electron chi connectivity index (χ4n) is 2.05. The van der Waals surface area contributed by atoms with Crippen LogP contribution in [0.2, 0.25) is 0 Å². The maximum absolute atomic E-state index is 13.2. The molecule has 1 amide bonds. The topological polar surface area (TPSA) is 79.3 Å². The standard InChI is InChI=1S/C16H17FN2O3S/c1-9(2)14(16(21)22)19-15(20)12-8-23-13(18-12)7-10-4-3-5-11(17)6-10/h3-6,8-9,14H,7H2,1-2H3,(H,19,20)(H,21,22). The van der Waals surface area contributed by atoms with Crippen LogP contribution >= 0.6 is 11.3 Å². The van der Waals surface area contributed by atoms with E-state index in [-0.39, 0.29) is 17.4 Å². The third-order valence-electron chi connectivity index (χ3n) is 3.25. The minimum atomic E-state index is -1.08. The van der Waals surface area contributed by atoms with Gasteiger partial charge in [-0.2, -0.15) is 0 Å². The maximum Gasteiger partial charge on any atom is 0.326 e. The van der Waals surface area contributed by atoms with E-state index in [1.807, 2.05) is 0 Å². The summed E-state index contributed by atoms with van der Waals surface area (Å²) in [6.45, 7) is 3.44. The Kier molecular flexibility index (Phi) is 5.44. The molecule has 122 valence electrons. The third-order valence-corrected chi connectivity index (χ3v) is 4.10. The lowest BCUT2D eigenvalue weighted by molar-refractivity contribution is -0.140. The molecule has 2 N–H and O–H groups in total. The lowest BCUT2D eigenvalue weighted by atomic mass is 10.0. The molecule has 7 heteroatoms. The van der Waals surface area contributed by atoms with Gasteiger partial charge in [-0.15, -0.1) is 11.3 Å². The molecular weight excluding hydrogens is 319 g/mol. The summed E-state index contributed by atoms with van der Waals surface area (Å²) in [5.41, 5.74) is 0.935. The first kappa shape index (κ1) is 17.1. The van der Waals surface area contributed by atoms with Gasteiger partial charge < -0.3 is 10.4 Å². The van der Waals surface area contributed by atoms with Gasteiger partial charge in [0, 0.05) is 11.8 Å². The second-order valence-electron chi connectivity index (χ2n) is 5.47. The van der Waals surface area contributed by atoms with Crippen molar-refractivity contribution in [2.75, 3.05) is 0 Å². The first-order valence-electron chi connectivity index (χ1n) is 7.09. The Morgan fingerprint density at radius 2 is 2.13 bits per heavy atom. The van der Waals surface area contributed by atoms with E-state index >= 15 is 0 Å². The lowest BCUT2D eigenvalue weighted by Crippen LogP contribution is -2.44. The smallest absolute Gasteiger partial charge is 0.326 e. The Bertz CT molecular complexity index is 715. The minimum absolute atomic E-state index is 0.174. The van der Waals surface area contributed by atoms with Gasteiger partial charge in [0.05, 0.1) is 5.01 Å². The van der Waals surface area contributed by atoms with Crippen LogP contribution in [0.15, 0.2) is 29.6 Å². The van der Waals surface area contributed by atoms with Crippen LogP contribution in [0.25, 0.3) is 0 Å². The van der Waals surface area contributed by atoms with Crippen molar-refractivity contribution in [2.45, 2.75) is 26.3 Å². The highest BCUT2D eigenvalue weighted by Gasteiger charge is 2.24. The van der Waals surface area contributed by atoms with Crippen LogP contribution in [0.3, 0.4) is 0 Å². The fraction of sp³-hybridized carbons (Fsp3) is 0.312. The maximum atomic E-state index is 13.2. The monoisotopic (exact) mass is 336 g/mol. The Morgan fingerprint density at radius 3 is 2.74 bits per heavy atom. The Balaban J connectivity index is 2.06. The second kappa shape index (κ2) is 7.32. The normalized spacial score (nSPS) is 12.2. The van der Waals surface area contributed by atoms with Gasteiger partial charge in [0.25, 0.3) is 5.91 Å². The van der Waals surface area contributed by atoms with Crippen LogP contribution in [0.4, 0.5) is 4.39 Å². The Hall–Kier alpha value is -2.28. The largest absolute Gasteiger partial charge is 0.480 e. The summed E-state index contributed by atoms with van der Waals surface area (Å²) in [4.78, 5) is 27.4. The SMILES string of the molecule is CC(C)C(NC(=O)c1csc(Cc2cccc(F)c2)n1)C(=O)O. The molecule has 1 aromatic carbocycles. The molecule has 0 saturated heterocycles. The fourth-order valence-corrected chi connectivity index (χ4v) is 2.86. The van der Waals surface area contributed by atoms with Crippen molar-refractivity contribution in [1.29, 1.82) is 0 Å². The number of aromatic nitrogens is 1. The number of hydrogen-bond donors (Lipinski definition) is 2. The van der Waals surface area contributed by atoms with Crippen molar-refractivity contribution in [2.24, 2.45) is 5.92 Å². The third kappa shape index (κ3) is 4.59. The molecule has 0 saturated carbocycles. The average Bonchev–Trinajstić information content (AvgIpc) is 2.92. The number of rotatable bonds is 6. The van der Waals surface area contributed by atoms with Gasteiger partial charge in [-0.3, -0.25) is 4.79 Å². The zero-order valence-electron chi connectivity index (χ0n) is 12.7. The molecule has 0 aliphatic heterocycles. The van der Waals surface area contributed by atoms with Crippen LogP contribution in [0, 0.1) is 11.7 Å². The van der Waals surface area contributed by atoms with Crippen molar-refractivity contribution < 1.29 is 19.1 Å². The highest BCUT2D eigenvalue weighted by atomic mass is 32.1. The van der Waals surface area contributed by atoms with E-state index in [0.717, 1.165) is 5.56 Å². The van der Waals surface area contributed by atoms with Crippen molar-refractivity contribution in [3.63, 3.8) is 0 Å². The first-order valence-corrected chi connectivity index (χ1v) is 7.97. The van der Waals surface area contributed by atoms with E-state index in [0.29, 0.717) is 11.4 Å². The number of carbonyl (C=O) groups is 2. The summed E-state index contributed by atoms with van der Waals surface area (Å²) >= 11 is 1.28. The minimum Gasteiger partial charge on any atom is -0.480 e. The molecule has 1 atom stereocenters. The molecule has 0 aliphatic rings. The molecule has 2 aromatic rings. The summed E-state index contributed by atoms with van der Waals surface area (Å²) < 4.78 is 13.2. The van der Waals surface area contributed by atoms with Gasteiger partial charge in [0.2, 0.25) is 0 Å². The van der Waals surface area contributed by atoms with Gasteiger partial charge in [-0.25, -0.2) is 14.2 Å². The van der Waals surface area contributed by atoms with Crippen LogP contribution in [-0.2, 0) is 11.2 Å². The Labute approximate surface area is 137 Å². The molecule has 1 aromatic heterocycles. The second-order valence-corrected chi connectivity index (χ2v) is 6.41. The molecule has 0 radical (unpaired) electrons. The molecule has 1 unspecified atom stereocenters. The number of aliphatic carboxylic acids is 1. The number of benzene rings is 1. The van der Waals surface area contributed by atoms with E-state index in [1.54, 1.807) is 31.4 Å². The number of amides is 1. The molecular formula is C16H17FN2O3S. The molecule has 0 aliphatic carbocycles. The van der Waals surface area contributed by atoms with Crippen LogP contribution < -0.4 is 5.32 Å². The van der Waals surface area contributed by atoms with Crippen molar-refractivity contribution in [3.8, 4) is 0 Å². The van der Waals surface area contributed by atoms with Gasteiger partial charge >= 0.3 is 5.97 Å². The highest BCUT2D eigenvalue weighted by Crippen LogP contribution is 2.16. The van der Waals surface area contributed by atoms with Crippen molar-refractivity contribution in [3.05, 3.63) is 51.7 Å². The lowest BCUT2D eigenvalue weighted by Gasteiger charge is -2.16. The predicted molar refractivity (Wildman–Crippen MR) is 85.0 cm³/mol. The number of thiazole rings is 1. The molecule has 0 fully saturated rings. The van der Waals surface area contributed by atoms with Crippen LogP contribution in [-0.4, -0.2) is 28.0 Å². The van der Waals surface area contributed by atoms with Crippen LogP contribution in [0.5, 0.6) is 0 Å². The zero-order chi connectivity index (χ0) is 17.0. The quantitative estimate of drug-likeness (QED) is 0.850. The number of carbonyl (C=O) groups excluding carboxylic acids is 1. The van der Waals surface area contributed by atoms with Gasteiger partial charge in [-0.1, -0.05) is 26.0 Å². The van der Waals surface area contributed by atoms with E-state index in [9.17, 15) is 14.0 Å². The Morgan fingerprint density at radius 1 is 1.39 bits per heavy atom. The van der Waals surface area contributed by atoms with E-state index < -0.39 is 17.9 Å².